The third-order valence-electron chi connectivity index (χ3n) is 5.67. The van der Waals surface area contributed by atoms with Gasteiger partial charge in [0.05, 0.1) is 5.52 Å². The Morgan fingerprint density at radius 1 is 1.03 bits per heavy atom. The SMILES string of the molecule is CC[C@H](C(=O)Nc1c(C)cccc1C)n1nc(C)n2c(cc3cc(C)ccc32)c1=O. The standard InChI is InChI=1S/C24H26N4O2/c1-6-19(23(29)25-22-15(3)8-7-9-16(22)4)28-24(30)21-13-18-12-14(2)10-11-20(18)27(21)17(5)26-28/h7-13,19H,6H2,1-5H3,(H,25,29)/t19-/m1/s1. The Morgan fingerprint density at radius 3 is 2.40 bits per heavy atom. The highest BCUT2D eigenvalue weighted by Gasteiger charge is 2.24. The van der Waals surface area contributed by atoms with E-state index in [4.69, 9.17) is 0 Å². The van der Waals surface area contributed by atoms with Gasteiger partial charge in [-0.05, 0) is 63.4 Å². The summed E-state index contributed by atoms with van der Waals surface area (Å²) in [6.45, 7) is 9.69. The maximum atomic E-state index is 13.3. The van der Waals surface area contributed by atoms with Gasteiger partial charge in [0.25, 0.3) is 5.56 Å². The van der Waals surface area contributed by atoms with Gasteiger partial charge in [0.2, 0.25) is 5.91 Å². The Morgan fingerprint density at radius 2 is 1.73 bits per heavy atom. The van der Waals surface area contributed by atoms with E-state index in [1.807, 2.05) is 75.4 Å². The third kappa shape index (κ3) is 3.18. The fraction of sp³-hybridized carbons (Fsp3) is 0.292. The molecule has 30 heavy (non-hydrogen) atoms. The molecule has 0 aliphatic carbocycles. The summed E-state index contributed by atoms with van der Waals surface area (Å²) in [5.74, 6) is 0.432. The summed E-state index contributed by atoms with van der Waals surface area (Å²) in [5.41, 5.74) is 5.09. The lowest BCUT2D eigenvalue weighted by atomic mass is 10.1. The Balaban J connectivity index is 1.82. The molecule has 0 bridgehead atoms. The number of fused-ring (bicyclic) bond motifs is 3. The first-order valence-corrected chi connectivity index (χ1v) is 10.2. The predicted molar refractivity (Wildman–Crippen MR) is 120 cm³/mol. The number of aromatic nitrogens is 3. The van der Waals surface area contributed by atoms with E-state index >= 15 is 0 Å². The van der Waals surface area contributed by atoms with Crippen LogP contribution in [0.3, 0.4) is 0 Å². The highest BCUT2D eigenvalue weighted by Crippen LogP contribution is 2.23. The van der Waals surface area contributed by atoms with Gasteiger partial charge < -0.3 is 5.32 Å². The summed E-state index contributed by atoms with van der Waals surface area (Å²) in [5, 5.41) is 8.53. The minimum atomic E-state index is -0.694. The molecule has 4 rings (SSSR count). The van der Waals surface area contributed by atoms with Crippen LogP contribution in [0.5, 0.6) is 0 Å². The normalized spacial score (nSPS) is 12.4. The molecule has 4 aromatic rings. The average Bonchev–Trinajstić information content (AvgIpc) is 3.08. The zero-order valence-electron chi connectivity index (χ0n) is 18.0. The Kier molecular flexibility index (Phi) is 4.94. The Hall–Kier alpha value is -3.41. The second kappa shape index (κ2) is 7.44. The van der Waals surface area contributed by atoms with E-state index in [0.717, 1.165) is 33.3 Å². The molecule has 0 saturated heterocycles. The van der Waals surface area contributed by atoms with Crippen molar-refractivity contribution in [3.05, 3.63) is 75.3 Å². The molecule has 0 radical (unpaired) electrons. The Labute approximate surface area is 175 Å². The van der Waals surface area contributed by atoms with Crippen LogP contribution in [-0.4, -0.2) is 20.1 Å². The van der Waals surface area contributed by atoms with Crippen LogP contribution in [0.2, 0.25) is 0 Å². The van der Waals surface area contributed by atoms with E-state index in [-0.39, 0.29) is 11.5 Å². The summed E-state index contributed by atoms with van der Waals surface area (Å²) in [6, 6.07) is 13.1. The molecule has 6 nitrogen and oxygen atoms in total. The number of anilines is 1. The fourth-order valence-electron chi connectivity index (χ4n) is 4.10. The number of nitrogens with one attached hydrogen (secondary N) is 1. The molecule has 0 aliphatic rings. The van der Waals surface area contributed by atoms with Gasteiger partial charge in [-0.25, -0.2) is 4.68 Å². The van der Waals surface area contributed by atoms with Crippen LogP contribution in [0.1, 0.15) is 41.9 Å². The molecular formula is C24H26N4O2. The van der Waals surface area contributed by atoms with Crippen molar-refractivity contribution >= 4 is 28.0 Å². The van der Waals surface area contributed by atoms with Crippen LogP contribution in [0.15, 0.2) is 47.3 Å². The molecule has 1 atom stereocenters. The van der Waals surface area contributed by atoms with Crippen LogP contribution >= 0.6 is 0 Å². The third-order valence-corrected chi connectivity index (χ3v) is 5.67. The summed E-state index contributed by atoms with van der Waals surface area (Å²) in [6.07, 6.45) is 0.457. The lowest BCUT2D eigenvalue weighted by Gasteiger charge is -2.19. The molecule has 2 heterocycles. The number of carbonyl (C=O) groups excluding carboxylic acids is 1. The van der Waals surface area contributed by atoms with Gasteiger partial charge in [-0.1, -0.05) is 36.8 Å². The van der Waals surface area contributed by atoms with Crippen molar-refractivity contribution in [1.29, 1.82) is 0 Å². The number of benzene rings is 2. The number of hydrogen-bond acceptors (Lipinski definition) is 3. The van der Waals surface area contributed by atoms with Crippen LogP contribution in [0.25, 0.3) is 16.4 Å². The lowest BCUT2D eigenvalue weighted by molar-refractivity contribution is -0.119. The molecule has 2 aromatic heterocycles. The number of aryl methyl sites for hydroxylation is 4. The number of para-hydroxylation sites is 1. The van der Waals surface area contributed by atoms with Crippen LogP contribution in [0, 0.1) is 27.7 Å². The molecular weight excluding hydrogens is 376 g/mol. The van der Waals surface area contributed by atoms with Gasteiger partial charge in [-0.15, -0.1) is 0 Å². The van der Waals surface area contributed by atoms with Gasteiger partial charge in [-0.2, -0.15) is 5.10 Å². The van der Waals surface area contributed by atoms with E-state index in [1.54, 1.807) is 0 Å². The van der Waals surface area contributed by atoms with Crippen LogP contribution in [-0.2, 0) is 4.79 Å². The minimum Gasteiger partial charge on any atom is -0.324 e. The molecule has 0 unspecified atom stereocenters. The number of hydrogen-bond donors (Lipinski definition) is 1. The van der Waals surface area contributed by atoms with Crippen molar-refractivity contribution in [3.8, 4) is 0 Å². The summed E-state index contributed by atoms with van der Waals surface area (Å²) in [7, 11) is 0. The molecule has 1 N–H and O–H groups in total. The molecule has 0 fully saturated rings. The smallest absolute Gasteiger partial charge is 0.291 e. The van der Waals surface area contributed by atoms with E-state index in [9.17, 15) is 9.59 Å². The fourth-order valence-corrected chi connectivity index (χ4v) is 4.10. The maximum Gasteiger partial charge on any atom is 0.291 e. The minimum absolute atomic E-state index is 0.236. The van der Waals surface area contributed by atoms with E-state index in [1.165, 1.54) is 4.68 Å². The van der Waals surface area contributed by atoms with E-state index in [2.05, 4.69) is 16.5 Å². The maximum absolute atomic E-state index is 13.3. The van der Waals surface area contributed by atoms with Crippen LogP contribution < -0.4 is 10.9 Å². The first-order valence-electron chi connectivity index (χ1n) is 10.2. The van der Waals surface area contributed by atoms with Gasteiger partial charge in [0, 0.05) is 11.1 Å². The number of rotatable bonds is 4. The van der Waals surface area contributed by atoms with E-state index < -0.39 is 6.04 Å². The first kappa shape index (κ1) is 19.9. The van der Waals surface area contributed by atoms with Crippen molar-refractivity contribution in [2.24, 2.45) is 0 Å². The van der Waals surface area contributed by atoms with Crippen molar-refractivity contribution in [2.75, 3.05) is 5.32 Å². The van der Waals surface area contributed by atoms with Crippen molar-refractivity contribution in [3.63, 3.8) is 0 Å². The highest BCUT2D eigenvalue weighted by molar-refractivity contribution is 5.95. The van der Waals surface area contributed by atoms with Gasteiger partial charge >= 0.3 is 0 Å². The summed E-state index contributed by atoms with van der Waals surface area (Å²) in [4.78, 5) is 26.5. The quantitative estimate of drug-likeness (QED) is 0.547. The largest absolute Gasteiger partial charge is 0.324 e. The van der Waals surface area contributed by atoms with Crippen molar-refractivity contribution in [2.45, 2.75) is 47.1 Å². The molecule has 154 valence electrons. The van der Waals surface area contributed by atoms with E-state index in [0.29, 0.717) is 17.8 Å². The summed E-state index contributed by atoms with van der Waals surface area (Å²) < 4.78 is 3.20. The predicted octanol–water partition coefficient (Wildman–Crippen LogP) is 4.47. The second-order valence-corrected chi connectivity index (χ2v) is 7.90. The van der Waals surface area contributed by atoms with Gasteiger partial charge in [0.15, 0.2) is 0 Å². The zero-order chi connectivity index (χ0) is 21.6. The second-order valence-electron chi connectivity index (χ2n) is 7.90. The zero-order valence-corrected chi connectivity index (χ0v) is 18.0. The molecule has 2 aromatic carbocycles. The highest BCUT2D eigenvalue weighted by atomic mass is 16.2. The van der Waals surface area contributed by atoms with Crippen LogP contribution in [0.4, 0.5) is 5.69 Å². The summed E-state index contributed by atoms with van der Waals surface area (Å²) >= 11 is 0. The number of carbonyl (C=O) groups is 1. The Bertz CT molecular complexity index is 1330. The molecule has 0 aliphatic heterocycles. The molecule has 6 heteroatoms. The molecule has 0 saturated carbocycles. The monoisotopic (exact) mass is 402 g/mol. The molecule has 0 spiro atoms. The number of amides is 1. The first-order chi connectivity index (χ1) is 14.3. The number of nitrogens with zero attached hydrogens (tertiary/aromatic N) is 3. The van der Waals surface area contributed by atoms with Gasteiger partial charge in [-0.3, -0.25) is 14.0 Å². The van der Waals surface area contributed by atoms with Crippen molar-refractivity contribution in [1.82, 2.24) is 14.2 Å². The van der Waals surface area contributed by atoms with Gasteiger partial charge in [0.1, 0.15) is 17.4 Å². The average molecular weight is 402 g/mol. The lowest BCUT2D eigenvalue weighted by Crippen LogP contribution is -2.36. The van der Waals surface area contributed by atoms with Crippen molar-refractivity contribution < 1.29 is 4.79 Å². The molecule has 1 amide bonds. The topological polar surface area (TPSA) is 68.4 Å².